The Labute approximate surface area is 130 Å². The van der Waals surface area contributed by atoms with Crippen LogP contribution in [0.4, 0.5) is 0 Å². The van der Waals surface area contributed by atoms with Crippen LogP contribution < -0.4 is 0 Å². The molecule has 0 nitrogen and oxygen atoms in total. The minimum absolute atomic E-state index is 1.00. The molecule has 0 saturated heterocycles. The maximum Gasteiger partial charge on any atom is -0.00917 e. The van der Waals surface area contributed by atoms with Crippen molar-refractivity contribution < 1.29 is 0 Å². The van der Waals surface area contributed by atoms with Crippen molar-refractivity contribution in [3.63, 3.8) is 0 Å². The topological polar surface area (TPSA) is 0 Å². The smallest absolute Gasteiger partial charge is 0.00917 e. The highest BCUT2D eigenvalue weighted by Gasteiger charge is 1.89. The Morgan fingerprint density at radius 3 is 2.33 bits per heavy atom. The van der Waals surface area contributed by atoms with Gasteiger partial charge in [0.25, 0.3) is 0 Å². The van der Waals surface area contributed by atoms with E-state index < -0.39 is 0 Å². The number of allylic oxidation sites excluding steroid dienone is 8. The van der Waals surface area contributed by atoms with Gasteiger partial charge in [-0.25, -0.2) is 0 Å². The summed E-state index contributed by atoms with van der Waals surface area (Å²) in [4.78, 5) is 0. The zero-order valence-electron chi connectivity index (χ0n) is 13.9. The summed E-state index contributed by atoms with van der Waals surface area (Å²) in [6.45, 7) is 8.66. The van der Waals surface area contributed by atoms with Crippen molar-refractivity contribution in [2.24, 2.45) is 0 Å². The summed E-state index contributed by atoms with van der Waals surface area (Å²) in [5, 5.41) is 0. The van der Waals surface area contributed by atoms with Crippen LogP contribution in [0.25, 0.3) is 0 Å². The predicted molar refractivity (Wildman–Crippen MR) is 95.5 cm³/mol. The molecule has 0 radical (unpaired) electrons. The number of hydrogen-bond acceptors (Lipinski definition) is 0. The Kier molecular flexibility index (Phi) is 8.19. The molecule has 0 aliphatic rings. The number of benzene rings is 1. The Balaban J connectivity index is 2.42. The third-order valence-corrected chi connectivity index (χ3v) is 3.33. The quantitative estimate of drug-likeness (QED) is 0.399. The van der Waals surface area contributed by atoms with Crippen molar-refractivity contribution in [3.8, 4) is 0 Å². The number of rotatable bonds is 7. The monoisotopic (exact) mass is 280 g/mol. The summed E-state index contributed by atoms with van der Waals surface area (Å²) in [5.74, 6) is 0. The van der Waals surface area contributed by atoms with E-state index in [9.17, 15) is 0 Å². The van der Waals surface area contributed by atoms with Crippen LogP contribution in [0.5, 0.6) is 0 Å². The van der Waals surface area contributed by atoms with Gasteiger partial charge >= 0.3 is 0 Å². The minimum Gasteiger partial charge on any atom is -0.0856 e. The van der Waals surface area contributed by atoms with Gasteiger partial charge in [-0.1, -0.05) is 77.4 Å². The van der Waals surface area contributed by atoms with Crippen molar-refractivity contribution in [1.82, 2.24) is 0 Å². The van der Waals surface area contributed by atoms with E-state index in [0.717, 1.165) is 19.3 Å². The van der Waals surface area contributed by atoms with E-state index in [0.29, 0.717) is 0 Å². The number of hydrogen-bond donors (Lipinski definition) is 0. The Bertz CT molecular complexity index is 520. The van der Waals surface area contributed by atoms with E-state index >= 15 is 0 Å². The fraction of sp³-hybridized carbons (Fsp3) is 0.333. The molecule has 0 fully saturated rings. The molecule has 0 bridgehead atoms. The molecule has 0 unspecified atom stereocenters. The Morgan fingerprint density at radius 2 is 1.67 bits per heavy atom. The third kappa shape index (κ3) is 8.86. The van der Waals surface area contributed by atoms with Gasteiger partial charge in [0.05, 0.1) is 0 Å². The van der Waals surface area contributed by atoms with Crippen LogP contribution in [-0.4, -0.2) is 0 Å². The summed E-state index contributed by atoms with van der Waals surface area (Å²) in [6.07, 6.45) is 14.4. The maximum atomic E-state index is 2.30. The van der Waals surface area contributed by atoms with Gasteiger partial charge in [0.2, 0.25) is 0 Å². The van der Waals surface area contributed by atoms with Crippen molar-refractivity contribution in [3.05, 3.63) is 83.0 Å². The van der Waals surface area contributed by atoms with Gasteiger partial charge < -0.3 is 0 Å². The molecular weight excluding hydrogens is 252 g/mol. The second-order valence-electron chi connectivity index (χ2n) is 5.83. The molecule has 1 aromatic rings. The van der Waals surface area contributed by atoms with Gasteiger partial charge in [-0.3, -0.25) is 0 Å². The van der Waals surface area contributed by atoms with Crippen LogP contribution in [0.1, 0.15) is 46.1 Å². The van der Waals surface area contributed by atoms with Gasteiger partial charge in [0.1, 0.15) is 0 Å². The SMILES string of the molecule is CC(C)=CCCC(C)=CC=CC(C)=CCc1ccccc1. The highest BCUT2D eigenvalue weighted by Crippen LogP contribution is 2.08. The van der Waals surface area contributed by atoms with Gasteiger partial charge in [-0.15, -0.1) is 0 Å². The highest BCUT2D eigenvalue weighted by atomic mass is 14.0. The molecule has 1 aromatic carbocycles. The molecule has 0 heterocycles. The van der Waals surface area contributed by atoms with Crippen LogP contribution in [0.2, 0.25) is 0 Å². The molecule has 0 N–H and O–H groups in total. The molecule has 21 heavy (non-hydrogen) atoms. The lowest BCUT2D eigenvalue weighted by Crippen LogP contribution is -1.80. The predicted octanol–water partition coefficient (Wildman–Crippen LogP) is 6.42. The van der Waals surface area contributed by atoms with Gasteiger partial charge in [0.15, 0.2) is 0 Å². The molecule has 1 rings (SSSR count). The Morgan fingerprint density at radius 1 is 0.952 bits per heavy atom. The highest BCUT2D eigenvalue weighted by molar-refractivity contribution is 5.25. The zero-order chi connectivity index (χ0) is 15.5. The largest absolute Gasteiger partial charge is 0.0856 e. The molecule has 112 valence electrons. The molecule has 0 heteroatoms. The molecule has 0 amide bonds. The van der Waals surface area contributed by atoms with Crippen molar-refractivity contribution in [2.75, 3.05) is 0 Å². The van der Waals surface area contributed by atoms with Crippen LogP contribution in [0.15, 0.2) is 77.4 Å². The van der Waals surface area contributed by atoms with Crippen molar-refractivity contribution in [2.45, 2.75) is 47.0 Å². The molecule has 0 atom stereocenters. The maximum absolute atomic E-state index is 2.30. The van der Waals surface area contributed by atoms with E-state index in [1.807, 2.05) is 0 Å². The van der Waals surface area contributed by atoms with Crippen LogP contribution >= 0.6 is 0 Å². The van der Waals surface area contributed by atoms with Crippen LogP contribution in [-0.2, 0) is 6.42 Å². The zero-order valence-corrected chi connectivity index (χ0v) is 13.9. The molecule has 0 aromatic heterocycles. The first-order chi connectivity index (χ1) is 10.1. The van der Waals surface area contributed by atoms with E-state index in [-0.39, 0.29) is 0 Å². The lowest BCUT2D eigenvalue weighted by molar-refractivity contribution is 0.967. The van der Waals surface area contributed by atoms with Gasteiger partial charge in [-0.2, -0.15) is 0 Å². The summed E-state index contributed by atoms with van der Waals surface area (Å²) in [6, 6.07) is 10.6. The molecule has 0 aliphatic carbocycles. The van der Waals surface area contributed by atoms with Crippen molar-refractivity contribution >= 4 is 0 Å². The van der Waals surface area contributed by atoms with Crippen LogP contribution in [0.3, 0.4) is 0 Å². The lowest BCUT2D eigenvalue weighted by Gasteiger charge is -1.98. The molecule has 0 saturated carbocycles. The summed E-state index contributed by atoms with van der Waals surface area (Å²) in [7, 11) is 0. The van der Waals surface area contributed by atoms with E-state index in [2.05, 4.69) is 88.4 Å². The second-order valence-corrected chi connectivity index (χ2v) is 5.83. The third-order valence-electron chi connectivity index (χ3n) is 3.33. The van der Waals surface area contributed by atoms with Crippen molar-refractivity contribution in [1.29, 1.82) is 0 Å². The van der Waals surface area contributed by atoms with Gasteiger partial charge in [0, 0.05) is 0 Å². The first-order valence-corrected chi connectivity index (χ1v) is 7.76. The normalized spacial score (nSPS) is 12.8. The van der Waals surface area contributed by atoms with Gasteiger partial charge in [-0.05, 0) is 52.5 Å². The van der Waals surface area contributed by atoms with E-state index in [4.69, 9.17) is 0 Å². The summed E-state index contributed by atoms with van der Waals surface area (Å²) >= 11 is 0. The minimum atomic E-state index is 1.00. The fourth-order valence-electron chi connectivity index (χ4n) is 2.00. The van der Waals surface area contributed by atoms with E-state index in [1.165, 1.54) is 22.3 Å². The second kappa shape index (κ2) is 9.99. The standard InChI is InChI=1S/C21H28/c1-18(2)10-8-11-19(3)12-9-13-20(4)16-17-21-14-6-5-7-15-21/h5-7,9-10,12-16H,8,11,17H2,1-4H3. The first kappa shape index (κ1) is 17.2. The summed E-state index contributed by atoms with van der Waals surface area (Å²) in [5.41, 5.74) is 5.50. The van der Waals surface area contributed by atoms with Crippen LogP contribution in [0, 0.1) is 0 Å². The molecule has 0 aliphatic heterocycles. The summed E-state index contributed by atoms with van der Waals surface area (Å²) < 4.78 is 0. The Hall–Kier alpha value is -1.82. The van der Waals surface area contributed by atoms with E-state index in [1.54, 1.807) is 0 Å². The average Bonchev–Trinajstić information content (AvgIpc) is 2.46. The lowest BCUT2D eigenvalue weighted by atomic mass is 10.1. The molecule has 0 spiro atoms. The first-order valence-electron chi connectivity index (χ1n) is 7.76. The average molecular weight is 280 g/mol. The molecular formula is C21H28. The fourth-order valence-corrected chi connectivity index (χ4v) is 2.00.